The molecule has 1 amide bonds. The maximum absolute atomic E-state index is 13.5. The zero-order valence-electron chi connectivity index (χ0n) is 10.3. The first-order chi connectivity index (χ1) is 9.66. The fourth-order valence-corrected chi connectivity index (χ4v) is 2.83. The highest BCUT2D eigenvalue weighted by Crippen LogP contribution is 2.32. The van der Waals surface area contributed by atoms with E-state index in [-0.39, 0.29) is 5.69 Å². The molecule has 3 aromatic rings. The molecule has 2 heterocycles. The Hall–Kier alpha value is -2.47. The van der Waals surface area contributed by atoms with Gasteiger partial charge in [0.15, 0.2) is 0 Å². The lowest BCUT2D eigenvalue weighted by atomic mass is 10.3. The Morgan fingerprint density at radius 3 is 2.80 bits per heavy atom. The van der Waals surface area contributed by atoms with Crippen molar-refractivity contribution in [1.29, 1.82) is 0 Å². The van der Waals surface area contributed by atoms with E-state index in [1.54, 1.807) is 24.4 Å². The summed E-state index contributed by atoms with van der Waals surface area (Å²) in [5, 5.41) is 2.52. The van der Waals surface area contributed by atoms with E-state index in [0.29, 0.717) is 16.1 Å². The van der Waals surface area contributed by atoms with Crippen LogP contribution < -0.4 is 11.1 Å². The number of fused-ring (bicyclic) bond motifs is 1. The van der Waals surface area contributed by atoms with Gasteiger partial charge in [-0.05, 0) is 24.3 Å². The van der Waals surface area contributed by atoms with Crippen molar-refractivity contribution in [3.8, 4) is 0 Å². The average molecular weight is 287 g/mol. The lowest BCUT2D eigenvalue weighted by Crippen LogP contribution is -2.13. The van der Waals surface area contributed by atoms with Crippen molar-refractivity contribution in [3.63, 3.8) is 0 Å². The number of thiophene rings is 1. The van der Waals surface area contributed by atoms with Gasteiger partial charge >= 0.3 is 0 Å². The van der Waals surface area contributed by atoms with Gasteiger partial charge in [-0.1, -0.05) is 12.1 Å². The predicted octanol–water partition coefficient (Wildman–Crippen LogP) is 3.27. The van der Waals surface area contributed by atoms with Crippen molar-refractivity contribution in [2.75, 3.05) is 11.1 Å². The smallest absolute Gasteiger partial charge is 0.268 e. The summed E-state index contributed by atoms with van der Waals surface area (Å²) >= 11 is 1.24. The maximum atomic E-state index is 13.5. The summed E-state index contributed by atoms with van der Waals surface area (Å²) in [5.41, 5.74) is 6.96. The molecule has 0 aliphatic rings. The number of para-hydroxylation sites is 1. The van der Waals surface area contributed by atoms with Crippen LogP contribution in [-0.4, -0.2) is 10.9 Å². The third-order valence-electron chi connectivity index (χ3n) is 2.81. The van der Waals surface area contributed by atoms with Crippen molar-refractivity contribution in [2.45, 2.75) is 0 Å². The lowest BCUT2D eigenvalue weighted by Gasteiger charge is -2.05. The van der Waals surface area contributed by atoms with E-state index in [2.05, 4.69) is 10.3 Å². The first kappa shape index (κ1) is 12.6. The van der Waals surface area contributed by atoms with Crippen molar-refractivity contribution in [3.05, 3.63) is 53.3 Å². The number of benzene rings is 1. The monoisotopic (exact) mass is 287 g/mol. The van der Waals surface area contributed by atoms with Crippen LogP contribution in [0.3, 0.4) is 0 Å². The van der Waals surface area contributed by atoms with Crippen molar-refractivity contribution >= 4 is 38.8 Å². The standard InChI is InChI=1S/C14H10FN3OS/c15-8-4-1-2-5-9(8)18-14(19)13-11(16)12-10(20-13)6-3-7-17-12/h1-7H,16H2,(H,18,19). The summed E-state index contributed by atoms with van der Waals surface area (Å²) in [6, 6.07) is 9.59. The fraction of sp³-hybridized carbons (Fsp3) is 0. The van der Waals surface area contributed by atoms with Crippen LogP contribution in [0.2, 0.25) is 0 Å². The van der Waals surface area contributed by atoms with E-state index in [4.69, 9.17) is 5.73 Å². The van der Waals surface area contributed by atoms with Gasteiger partial charge in [0.25, 0.3) is 5.91 Å². The molecule has 6 heteroatoms. The molecule has 0 aliphatic carbocycles. The van der Waals surface area contributed by atoms with Gasteiger partial charge in [0.05, 0.1) is 16.1 Å². The van der Waals surface area contributed by atoms with Gasteiger partial charge in [-0.2, -0.15) is 0 Å². The zero-order chi connectivity index (χ0) is 14.1. The molecule has 1 aromatic carbocycles. The molecule has 0 radical (unpaired) electrons. The number of carbonyl (C=O) groups is 1. The Morgan fingerprint density at radius 2 is 2.05 bits per heavy atom. The number of nitrogens with zero attached hydrogens (tertiary/aromatic N) is 1. The number of hydrogen-bond donors (Lipinski definition) is 2. The molecule has 3 N–H and O–H groups in total. The highest BCUT2D eigenvalue weighted by molar-refractivity contribution is 7.21. The molecule has 0 atom stereocenters. The maximum Gasteiger partial charge on any atom is 0.268 e. The van der Waals surface area contributed by atoms with E-state index in [1.807, 2.05) is 6.07 Å². The van der Waals surface area contributed by atoms with Gasteiger partial charge in [0, 0.05) is 6.20 Å². The minimum absolute atomic E-state index is 0.127. The second-order valence-electron chi connectivity index (χ2n) is 4.13. The fourth-order valence-electron chi connectivity index (χ4n) is 1.86. The largest absolute Gasteiger partial charge is 0.396 e. The van der Waals surface area contributed by atoms with Crippen molar-refractivity contribution < 1.29 is 9.18 Å². The molecule has 20 heavy (non-hydrogen) atoms. The molecule has 4 nitrogen and oxygen atoms in total. The first-order valence-electron chi connectivity index (χ1n) is 5.85. The Morgan fingerprint density at radius 1 is 1.25 bits per heavy atom. The van der Waals surface area contributed by atoms with Crippen molar-refractivity contribution in [2.24, 2.45) is 0 Å². The van der Waals surface area contributed by atoms with Crippen molar-refractivity contribution in [1.82, 2.24) is 4.98 Å². The Labute approximate surface area is 118 Å². The van der Waals surface area contributed by atoms with Crippen LogP contribution in [0.15, 0.2) is 42.6 Å². The summed E-state index contributed by atoms with van der Waals surface area (Å²) < 4.78 is 14.3. The van der Waals surface area contributed by atoms with Gasteiger partial charge in [-0.25, -0.2) is 4.39 Å². The van der Waals surface area contributed by atoms with Gasteiger partial charge in [0.2, 0.25) is 0 Å². The molecule has 0 aliphatic heterocycles. The quantitative estimate of drug-likeness (QED) is 0.760. The summed E-state index contributed by atoms with van der Waals surface area (Å²) in [6.07, 6.45) is 1.62. The molecular formula is C14H10FN3OS. The third-order valence-corrected chi connectivity index (χ3v) is 3.97. The van der Waals surface area contributed by atoms with Crippen LogP contribution in [0.25, 0.3) is 10.2 Å². The number of rotatable bonds is 2. The summed E-state index contributed by atoms with van der Waals surface area (Å²) in [5.74, 6) is -0.922. The highest BCUT2D eigenvalue weighted by Gasteiger charge is 2.18. The van der Waals surface area contributed by atoms with Gasteiger partial charge < -0.3 is 11.1 Å². The number of anilines is 2. The third kappa shape index (κ3) is 2.10. The summed E-state index contributed by atoms with van der Waals surface area (Å²) in [7, 11) is 0. The molecule has 3 rings (SSSR count). The normalized spacial score (nSPS) is 10.7. The Bertz CT molecular complexity index is 800. The second-order valence-corrected chi connectivity index (χ2v) is 5.18. The van der Waals surface area contributed by atoms with E-state index in [9.17, 15) is 9.18 Å². The predicted molar refractivity (Wildman–Crippen MR) is 78.4 cm³/mol. The number of pyridine rings is 1. The van der Waals surface area contributed by atoms with Crippen LogP contribution in [0, 0.1) is 5.82 Å². The number of aromatic nitrogens is 1. The number of nitrogens with two attached hydrogens (primary N) is 1. The minimum atomic E-state index is -0.487. The summed E-state index contributed by atoms with van der Waals surface area (Å²) in [4.78, 5) is 16.7. The Balaban J connectivity index is 1.97. The van der Waals surface area contributed by atoms with Crippen LogP contribution in [0.1, 0.15) is 9.67 Å². The van der Waals surface area contributed by atoms with E-state index in [1.165, 1.54) is 23.5 Å². The molecule has 0 bridgehead atoms. The van der Waals surface area contributed by atoms with Crippen LogP contribution in [0.4, 0.5) is 15.8 Å². The van der Waals surface area contributed by atoms with Crippen LogP contribution >= 0.6 is 11.3 Å². The molecule has 100 valence electrons. The highest BCUT2D eigenvalue weighted by atomic mass is 32.1. The number of amides is 1. The second kappa shape index (κ2) is 4.90. The van der Waals surface area contributed by atoms with Gasteiger partial charge in [0.1, 0.15) is 16.2 Å². The number of hydrogen-bond acceptors (Lipinski definition) is 4. The molecule has 0 saturated carbocycles. The van der Waals surface area contributed by atoms with Crippen LogP contribution in [0.5, 0.6) is 0 Å². The number of halogens is 1. The molecule has 0 unspecified atom stereocenters. The molecule has 0 fully saturated rings. The van der Waals surface area contributed by atoms with Gasteiger partial charge in [-0.15, -0.1) is 11.3 Å². The summed E-state index contributed by atoms with van der Waals surface area (Å²) in [6.45, 7) is 0. The van der Waals surface area contributed by atoms with E-state index >= 15 is 0 Å². The first-order valence-corrected chi connectivity index (χ1v) is 6.67. The molecule has 0 spiro atoms. The van der Waals surface area contributed by atoms with E-state index < -0.39 is 11.7 Å². The SMILES string of the molecule is Nc1c(C(=O)Nc2ccccc2F)sc2cccnc12. The van der Waals surface area contributed by atoms with Crippen LogP contribution in [-0.2, 0) is 0 Å². The minimum Gasteiger partial charge on any atom is -0.396 e. The average Bonchev–Trinajstić information content (AvgIpc) is 2.79. The lowest BCUT2D eigenvalue weighted by molar-refractivity contribution is 0.103. The molecular weight excluding hydrogens is 277 g/mol. The number of carbonyl (C=O) groups excluding carboxylic acids is 1. The topological polar surface area (TPSA) is 68.0 Å². The van der Waals surface area contributed by atoms with E-state index in [0.717, 1.165) is 4.70 Å². The number of nitrogens with one attached hydrogen (secondary N) is 1. The molecule has 0 saturated heterocycles. The van der Waals surface area contributed by atoms with Gasteiger partial charge in [-0.3, -0.25) is 9.78 Å². The molecule has 2 aromatic heterocycles. The number of nitrogen functional groups attached to an aromatic ring is 1. The Kier molecular flexibility index (Phi) is 3.08. The zero-order valence-corrected chi connectivity index (χ0v) is 11.1.